The Morgan fingerprint density at radius 2 is 0.637 bits per heavy atom. The first-order chi connectivity index (χ1) is 43.2. The van der Waals surface area contributed by atoms with Crippen LogP contribution in [0.25, 0.3) is 0 Å². The van der Waals surface area contributed by atoms with Gasteiger partial charge in [0.2, 0.25) is 0 Å². The molecule has 0 unspecified atom stereocenters. The van der Waals surface area contributed by atoms with E-state index in [0.29, 0.717) is 25.4 Å². The van der Waals surface area contributed by atoms with Gasteiger partial charge < -0.3 is 34.3 Å². The van der Waals surface area contributed by atoms with Crippen LogP contribution in [0.15, 0.2) is 243 Å². The van der Waals surface area contributed by atoms with Crippen LogP contribution in [0.4, 0.5) is 0 Å². The first-order valence-electron chi connectivity index (χ1n) is 30.0. The molecule has 9 rings (SSSR count). The van der Waals surface area contributed by atoms with Crippen LogP contribution in [0.1, 0.15) is 125 Å². The average Bonchev–Trinajstić information content (AvgIpc) is 1.83. The highest BCUT2D eigenvalue weighted by Gasteiger charge is 2.32. The molecule has 0 aliphatic carbocycles. The Labute approximate surface area is 537 Å². The largest absolute Gasteiger partial charge is 0.508 e. The number of aliphatic carboxylic acids is 1. The summed E-state index contributed by atoms with van der Waals surface area (Å²) in [7, 11) is 0. The van der Waals surface area contributed by atoms with Gasteiger partial charge in [0.15, 0.2) is 0 Å². The fourth-order valence-corrected chi connectivity index (χ4v) is 8.39. The number of ether oxygens (including phenoxy) is 4. The predicted octanol–water partition coefficient (Wildman–Crippen LogP) is 16.7. The zero-order chi connectivity index (χ0) is 66.6. The zero-order valence-corrected chi connectivity index (χ0v) is 54.1. The van der Waals surface area contributed by atoms with E-state index in [1.54, 1.807) is 64.1 Å². The van der Waals surface area contributed by atoms with Crippen LogP contribution in [0, 0.1) is 6.92 Å². The van der Waals surface area contributed by atoms with Crippen molar-refractivity contribution in [3.05, 3.63) is 298 Å². The topological polar surface area (TPSA) is 183 Å². The van der Waals surface area contributed by atoms with Crippen molar-refractivity contribution in [1.29, 1.82) is 0 Å². The number of benzene rings is 9. The van der Waals surface area contributed by atoms with E-state index in [4.69, 9.17) is 34.3 Å². The Morgan fingerprint density at radius 1 is 0.341 bits per heavy atom. The number of carboxylic acids is 1. The molecule has 12 heteroatoms. The van der Waals surface area contributed by atoms with Crippen LogP contribution < -0.4 is 9.47 Å². The third-order valence-corrected chi connectivity index (χ3v) is 15.6. The molecule has 0 aromatic heterocycles. The molecule has 474 valence electrons. The molecule has 0 bridgehead atoms. The highest BCUT2D eigenvalue weighted by atomic mass is 16.5. The smallest absolute Gasteiger partial charge is 0.316 e. The molecule has 0 amide bonds. The van der Waals surface area contributed by atoms with Gasteiger partial charge in [-0.2, -0.15) is 0 Å². The van der Waals surface area contributed by atoms with Crippen molar-refractivity contribution in [2.75, 3.05) is 0 Å². The van der Waals surface area contributed by atoms with Gasteiger partial charge in [-0.25, -0.2) is 0 Å². The molecule has 0 fully saturated rings. The lowest BCUT2D eigenvalue weighted by molar-refractivity contribution is -0.150. The van der Waals surface area contributed by atoms with Crippen LogP contribution in [0.5, 0.6) is 23.0 Å². The van der Waals surface area contributed by atoms with Crippen LogP contribution in [0.3, 0.4) is 0 Å². The van der Waals surface area contributed by atoms with Crippen molar-refractivity contribution in [3.63, 3.8) is 0 Å². The number of carbonyl (C=O) groups excluding carboxylic acids is 4. The third kappa shape index (κ3) is 23.4. The first kappa shape index (κ1) is 71.7. The van der Waals surface area contributed by atoms with Gasteiger partial charge in [-0.1, -0.05) is 200 Å². The number of Topliss-reactive ketones (excluding diaryl/α,β-unsaturated/α-hetero) is 2. The van der Waals surface area contributed by atoms with Crippen molar-refractivity contribution < 1.29 is 58.2 Å². The van der Waals surface area contributed by atoms with Gasteiger partial charge in [0, 0.05) is 10.8 Å². The van der Waals surface area contributed by atoms with Gasteiger partial charge in [0.05, 0.1) is 17.3 Å². The minimum Gasteiger partial charge on any atom is -0.508 e. The SMILES string of the molecule is CC(=O)C(C)(C)c1ccc(C)cc1.CC(=O)C(C)(C)c1ccc(O)cc1.CC(C)(C(=O)O)c1ccc(O)cc1.CC(C)(C(=O)OCc1ccccc1)c1ccc(OCc2ccccc2)cc1.O=C(Cc1ccc(OCc2ccccc2)cc1)OCc1ccccc1. The molecule has 0 saturated heterocycles. The summed E-state index contributed by atoms with van der Waals surface area (Å²) in [6, 6.07) is 75.6. The van der Waals surface area contributed by atoms with Crippen LogP contribution in [-0.2, 0) is 88.0 Å². The molecule has 0 atom stereocenters. The molecule has 0 aliphatic heterocycles. The summed E-state index contributed by atoms with van der Waals surface area (Å²) in [6.45, 7) is 21.6. The van der Waals surface area contributed by atoms with Crippen molar-refractivity contribution in [1.82, 2.24) is 0 Å². The second-order valence-electron chi connectivity index (χ2n) is 24.0. The molecule has 0 saturated carbocycles. The summed E-state index contributed by atoms with van der Waals surface area (Å²) < 4.78 is 22.4. The number of carbonyl (C=O) groups is 5. The van der Waals surface area contributed by atoms with E-state index < -0.39 is 22.2 Å². The van der Waals surface area contributed by atoms with E-state index in [9.17, 15) is 24.0 Å². The molecule has 91 heavy (non-hydrogen) atoms. The maximum absolute atomic E-state index is 12.6. The predicted molar refractivity (Wildman–Crippen MR) is 359 cm³/mol. The maximum Gasteiger partial charge on any atom is 0.316 e. The van der Waals surface area contributed by atoms with Crippen LogP contribution in [0.2, 0.25) is 0 Å². The van der Waals surface area contributed by atoms with Gasteiger partial charge in [-0.15, -0.1) is 0 Å². The van der Waals surface area contributed by atoms with Crippen molar-refractivity contribution in [2.45, 2.75) is 131 Å². The molecule has 0 radical (unpaired) electrons. The first-order valence-corrected chi connectivity index (χ1v) is 30.0. The highest BCUT2D eigenvalue weighted by Crippen LogP contribution is 2.30. The van der Waals surface area contributed by atoms with Crippen molar-refractivity contribution in [3.8, 4) is 23.0 Å². The zero-order valence-electron chi connectivity index (χ0n) is 54.1. The fraction of sp³-hybridized carbons (Fsp3) is 0.253. The van der Waals surface area contributed by atoms with Crippen molar-refractivity contribution in [2.24, 2.45) is 0 Å². The number of hydrogen-bond acceptors (Lipinski definition) is 11. The normalized spacial score (nSPS) is 10.9. The minimum atomic E-state index is -0.909. The van der Waals surface area contributed by atoms with E-state index in [1.807, 2.05) is 243 Å². The number of hydrogen-bond donors (Lipinski definition) is 3. The molecule has 0 heterocycles. The van der Waals surface area contributed by atoms with Gasteiger partial charge in [0.1, 0.15) is 61.0 Å². The number of carboxylic acid groups (broad SMARTS) is 1. The lowest BCUT2D eigenvalue weighted by Gasteiger charge is -2.23. The summed E-state index contributed by atoms with van der Waals surface area (Å²) in [5.74, 6) is 0.896. The number of aromatic hydroxyl groups is 2. The number of ketones is 2. The van der Waals surface area contributed by atoms with Gasteiger partial charge in [-0.3, -0.25) is 24.0 Å². The number of phenolic OH excluding ortho intramolecular Hbond substituents is 2. The molecule has 9 aromatic carbocycles. The summed E-state index contributed by atoms with van der Waals surface area (Å²) in [4.78, 5) is 58.0. The van der Waals surface area contributed by atoms with Crippen LogP contribution >= 0.6 is 0 Å². The average molecular weight is 1230 g/mol. The molecular weight excluding hydrogens is 1140 g/mol. The van der Waals surface area contributed by atoms with Gasteiger partial charge in [0.25, 0.3) is 0 Å². The summed E-state index contributed by atoms with van der Waals surface area (Å²) >= 11 is 0. The number of aryl methyl sites for hydroxylation is 1. The van der Waals surface area contributed by atoms with Gasteiger partial charge >= 0.3 is 17.9 Å². The number of esters is 2. The Bertz CT molecular complexity index is 3500. The maximum atomic E-state index is 12.6. The number of rotatable bonds is 20. The highest BCUT2D eigenvalue weighted by molar-refractivity contribution is 5.87. The molecule has 9 aromatic rings. The van der Waals surface area contributed by atoms with E-state index in [0.717, 1.165) is 56.0 Å². The summed E-state index contributed by atoms with van der Waals surface area (Å²) in [6.07, 6.45) is 0.256. The molecule has 0 aliphatic rings. The molecular formula is C79H86O12. The minimum absolute atomic E-state index is 0.123. The Kier molecular flexibility index (Phi) is 27.3. The van der Waals surface area contributed by atoms with Crippen LogP contribution in [-0.4, -0.2) is 44.8 Å². The molecule has 0 spiro atoms. The lowest BCUT2D eigenvalue weighted by Crippen LogP contribution is -2.31. The Hall–Kier alpha value is -10.1. The number of phenols is 2. The van der Waals surface area contributed by atoms with E-state index in [2.05, 4.69) is 0 Å². The van der Waals surface area contributed by atoms with Crippen molar-refractivity contribution >= 4 is 29.5 Å². The molecule has 12 nitrogen and oxygen atoms in total. The summed E-state index contributed by atoms with van der Waals surface area (Å²) in [5, 5.41) is 27.0. The molecule has 3 N–H and O–H groups in total. The fourth-order valence-electron chi connectivity index (χ4n) is 8.39. The lowest BCUT2D eigenvalue weighted by atomic mass is 9.81. The third-order valence-electron chi connectivity index (χ3n) is 15.6. The quantitative estimate of drug-likeness (QED) is 0.0615. The van der Waals surface area contributed by atoms with E-state index in [-0.39, 0.29) is 53.4 Å². The monoisotopic (exact) mass is 1230 g/mol. The standard InChI is InChI=1S/C24H24O3.C22H20O3.C12H16O.C11H14O2.C10H12O3/c1-24(2,23(25)27-18-20-11-7-4-8-12-20)21-13-15-22(16-14-21)26-17-19-9-5-3-6-10-19;23-22(25-17-20-9-5-2-6-10-20)15-18-11-13-21(14-12-18)24-16-19-7-3-1-4-8-19;1-9-5-7-11(8-6-9)12(3,4)10(2)13;1-8(12)11(2,3)9-4-6-10(13)7-5-9;1-10(2,9(12)13)7-3-5-8(11)6-4-7/h3-16H,17-18H2,1-2H3;1-14H,15-17H2;5-8H,1-4H3;4-7,13H,1-3H3;3-6,11H,1-2H3,(H,12,13). The van der Waals surface area contributed by atoms with E-state index in [1.165, 1.54) is 17.7 Å². The second kappa shape index (κ2) is 34.6. The Balaban J connectivity index is 0.000000216. The summed E-state index contributed by atoms with van der Waals surface area (Å²) in [5.41, 5.74) is 7.47. The van der Waals surface area contributed by atoms with Gasteiger partial charge in [-0.05, 0) is 175 Å². The van der Waals surface area contributed by atoms with E-state index >= 15 is 0 Å². The Morgan fingerprint density at radius 3 is 0.989 bits per heavy atom. The second-order valence-corrected chi connectivity index (χ2v) is 24.0.